The van der Waals surface area contributed by atoms with E-state index in [1.165, 1.54) is 22.7 Å². The Kier molecular flexibility index (Phi) is 4.58. The lowest BCUT2D eigenvalue weighted by Gasteiger charge is -2.10. The van der Waals surface area contributed by atoms with Gasteiger partial charge in [-0.3, -0.25) is 0 Å². The third-order valence-electron chi connectivity index (χ3n) is 3.31. The Hall–Kier alpha value is -1.99. The summed E-state index contributed by atoms with van der Waals surface area (Å²) in [4.78, 5) is 13.9. The number of ether oxygens (including phenoxy) is 1. The molecular formula is C16H16N2O3S2. The summed E-state index contributed by atoms with van der Waals surface area (Å²) in [6, 6.07) is 5.77. The average Bonchev–Trinajstić information content (AvgIpc) is 3.25. The number of carbonyl (C=O) groups is 1. The topological polar surface area (TPSA) is 65.2 Å². The summed E-state index contributed by atoms with van der Waals surface area (Å²) in [5.41, 5.74) is 0.997. The summed E-state index contributed by atoms with van der Waals surface area (Å²) < 4.78 is 11.1. The lowest BCUT2D eigenvalue weighted by atomic mass is 10.0. The molecule has 7 heteroatoms. The largest absolute Gasteiger partial charge is 0.448 e. The minimum atomic E-state index is -0.592. The minimum absolute atomic E-state index is 0.271. The second-order valence-corrected chi connectivity index (χ2v) is 7.19. The number of carbonyl (C=O) groups excluding carboxylic acids is 1. The zero-order valence-electron chi connectivity index (χ0n) is 13.0. The highest BCUT2D eigenvalue weighted by molar-refractivity contribution is 7.13. The van der Waals surface area contributed by atoms with Crippen LogP contribution >= 0.6 is 22.7 Å². The highest BCUT2D eigenvalue weighted by Gasteiger charge is 2.23. The minimum Gasteiger partial charge on any atom is -0.448 e. The van der Waals surface area contributed by atoms with Gasteiger partial charge in [0.2, 0.25) is 0 Å². The summed E-state index contributed by atoms with van der Waals surface area (Å²) >= 11 is 2.90. The molecule has 0 saturated heterocycles. The van der Waals surface area contributed by atoms with Crippen LogP contribution in [0.2, 0.25) is 0 Å². The highest BCUT2D eigenvalue weighted by Crippen LogP contribution is 2.29. The van der Waals surface area contributed by atoms with Crippen molar-refractivity contribution in [3.05, 3.63) is 45.3 Å². The van der Waals surface area contributed by atoms with Crippen molar-refractivity contribution in [2.45, 2.75) is 32.8 Å². The maximum absolute atomic E-state index is 12.4. The van der Waals surface area contributed by atoms with E-state index in [1.54, 1.807) is 6.92 Å². The Labute approximate surface area is 141 Å². The van der Waals surface area contributed by atoms with E-state index < -0.39 is 6.10 Å². The molecule has 0 bridgehead atoms. The Morgan fingerprint density at radius 1 is 1.17 bits per heavy atom. The molecule has 120 valence electrons. The summed E-state index contributed by atoms with van der Waals surface area (Å²) in [6.07, 6.45) is -0.592. The molecule has 0 N–H and O–H groups in total. The summed E-state index contributed by atoms with van der Waals surface area (Å²) in [5.74, 6) is 0.654. The van der Waals surface area contributed by atoms with Crippen LogP contribution in [-0.4, -0.2) is 16.2 Å². The number of hydrogen-bond donors (Lipinski definition) is 0. The van der Waals surface area contributed by atoms with Gasteiger partial charge in [0, 0.05) is 0 Å². The lowest BCUT2D eigenvalue weighted by Crippen LogP contribution is -2.10. The van der Waals surface area contributed by atoms with Crippen LogP contribution < -0.4 is 0 Å². The number of aromatic nitrogens is 2. The normalized spacial score (nSPS) is 12.5. The quantitative estimate of drug-likeness (QED) is 0.614. The average molecular weight is 348 g/mol. The SMILES string of the molecule is CC(C)c1ccsc1C(=O)O[C@@H](C)c1nnc(-c2cccs2)o1. The van der Waals surface area contributed by atoms with Crippen molar-refractivity contribution < 1.29 is 13.9 Å². The molecule has 0 amide bonds. The van der Waals surface area contributed by atoms with E-state index in [9.17, 15) is 4.79 Å². The predicted molar refractivity (Wildman–Crippen MR) is 89.8 cm³/mol. The van der Waals surface area contributed by atoms with Gasteiger partial charge in [-0.05, 0) is 41.3 Å². The monoisotopic (exact) mass is 348 g/mol. The van der Waals surface area contributed by atoms with Crippen molar-refractivity contribution in [3.8, 4) is 10.8 Å². The Bertz CT molecular complexity index is 790. The van der Waals surface area contributed by atoms with Crippen LogP contribution in [0.1, 0.15) is 53.9 Å². The molecule has 0 aliphatic rings. The van der Waals surface area contributed by atoms with E-state index in [1.807, 2.05) is 42.8 Å². The van der Waals surface area contributed by atoms with Gasteiger partial charge in [0.25, 0.3) is 11.8 Å². The molecule has 0 aliphatic heterocycles. The fourth-order valence-corrected chi connectivity index (χ4v) is 3.68. The van der Waals surface area contributed by atoms with Gasteiger partial charge < -0.3 is 9.15 Å². The Balaban J connectivity index is 1.73. The summed E-state index contributed by atoms with van der Waals surface area (Å²) in [7, 11) is 0. The van der Waals surface area contributed by atoms with Gasteiger partial charge >= 0.3 is 5.97 Å². The third kappa shape index (κ3) is 3.35. The molecule has 0 fully saturated rings. The van der Waals surface area contributed by atoms with E-state index in [0.29, 0.717) is 16.7 Å². The molecule has 0 spiro atoms. The number of esters is 1. The zero-order valence-corrected chi connectivity index (χ0v) is 14.6. The first kappa shape index (κ1) is 15.9. The van der Waals surface area contributed by atoms with Crippen LogP contribution in [0, 0.1) is 0 Å². The number of thiophene rings is 2. The molecule has 3 heterocycles. The highest BCUT2D eigenvalue weighted by atomic mass is 32.1. The van der Waals surface area contributed by atoms with Gasteiger partial charge in [-0.2, -0.15) is 0 Å². The summed E-state index contributed by atoms with van der Waals surface area (Å²) in [5, 5.41) is 11.8. The van der Waals surface area contributed by atoms with E-state index >= 15 is 0 Å². The molecule has 3 aromatic heterocycles. The number of nitrogens with zero attached hydrogens (tertiary/aromatic N) is 2. The van der Waals surface area contributed by atoms with Gasteiger partial charge in [0.05, 0.1) is 4.88 Å². The first-order valence-electron chi connectivity index (χ1n) is 7.22. The molecule has 23 heavy (non-hydrogen) atoms. The van der Waals surface area contributed by atoms with Crippen molar-refractivity contribution in [2.24, 2.45) is 0 Å². The first-order valence-corrected chi connectivity index (χ1v) is 8.98. The predicted octanol–water partition coefficient (Wildman–Crippen LogP) is 4.90. The van der Waals surface area contributed by atoms with Crippen LogP contribution in [0.15, 0.2) is 33.4 Å². The molecule has 0 aliphatic carbocycles. The van der Waals surface area contributed by atoms with Gasteiger partial charge in [-0.25, -0.2) is 4.79 Å². The van der Waals surface area contributed by atoms with Crippen molar-refractivity contribution in [1.82, 2.24) is 10.2 Å². The molecule has 1 atom stereocenters. The van der Waals surface area contributed by atoms with Crippen molar-refractivity contribution in [1.29, 1.82) is 0 Å². The van der Waals surface area contributed by atoms with Crippen LogP contribution in [0.4, 0.5) is 0 Å². The Morgan fingerprint density at radius 2 is 2.00 bits per heavy atom. The van der Waals surface area contributed by atoms with Crippen LogP contribution in [0.25, 0.3) is 10.8 Å². The van der Waals surface area contributed by atoms with Gasteiger partial charge in [-0.15, -0.1) is 32.9 Å². The second kappa shape index (κ2) is 6.64. The lowest BCUT2D eigenvalue weighted by molar-refractivity contribution is 0.0284. The zero-order chi connectivity index (χ0) is 16.4. The molecular weight excluding hydrogens is 332 g/mol. The number of hydrogen-bond acceptors (Lipinski definition) is 7. The maximum Gasteiger partial charge on any atom is 0.349 e. The fourth-order valence-electron chi connectivity index (χ4n) is 2.10. The smallest absolute Gasteiger partial charge is 0.349 e. The molecule has 0 unspecified atom stereocenters. The third-order valence-corrected chi connectivity index (χ3v) is 5.08. The maximum atomic E-state index is 12.4. The standard InChI is InChI=1S/C16H16N2O3S2/c1-9(2)11-6-8-23-13(11)16(19)20-10(3)14-17-18-15(21-14)12-5-4-7-22-12/h4-10H,1-3H3/t10-/m0/s1. The Morgan fingerprint density at radius 3 is 2.70 bits per heavy atom. The fraction of sp³-hybridized carbons (Fsp3) is 0.312. The molecule has 0 aromatic carbocycles. The van der Waals surface area contributed by atoms with E-state index in [0.717, 1.165) is 10.4 Å². The van der Waals surface area contributed by atoms with Crippen molar-refractivity contribution in [3.63, 3.8) is 0 Å². The summed E-state index contributed by atoms with van der Waals surface area (Å²) in [6.45, 7) is 5.83. The van der Waals surface area contributed by atoms with Gasteiger partial charge in [0.1, 0.15) is 4.88 Å². The van der Waals surface area contributed by atoms with Crippen LogP contribution in [0.5, 0.6) is 0 Å². The van der Waals surface area contributed by atoms with E-state index in [-0.39, 0.29) is 11.9 Å². The van der Waals surface area contributed by atoms with Gasteiger partial charge in [0.15, 0.2) is 6.10 Å². The van der Waals surface area contributed by atoms with Crippen LogP contribution in [0.3, 0.4) is 0 Å². The van der Waals surface area contributed by atoms with Crippen LogP contribution in [-0.2, 0) is 4.74 Å². The number of rotatable bonds is 5. The molecule has 0 radical (unpaired) electrons. The molecule has 3 rings (SSSR count). The van der Waals surface area contributed by atoms with E-state index in [4.69, 9.17) is 9.15 Å². The van der Waals surface area contributed by atoms with Crippen molar-refractivity contribution in [2.75, 3.05) is 0 Å². The van der Waals surface area contributed by atoms with Gasteiger partial charge in [-0.1, -0.05) is 19.9 Å². The van der Waals surface area contributed by atoms with E-state index in [2.05, 4.69) is 10.2 Å². The second-order valence-electron chi connectivity index (χ2n) is 5.33. The molecule has 0 saturated carbocycles. The van der Waals surface area contributed by atoms with Crippen molar-refractivity contribution >= 4 is 28.6 Å². The first-order chi connectivity index (χ1) is 11.1. The molecule has 3 aromatic rings. The molecule has 5 nitrogen and oxygen atoms in total.